The van der Waals surface area contributed by atoms with Gasteiger partial charge < -0.3 is 9.67 Å². The molecule has 5 heteroatoms. The number of hydrogen-bond donors (Lipinski definition) is 1. The number of aryl methyl sites for hydroxylation is 1. The summed E-state index contributed by atoms with van der Waals surface area (Å²) in [5.74, 6) is 0.0648. The van der Waals surface area contributed by atoms with Crippen molar-refractivity contribution in [2.45, 2.75) is 13.5 Å². The van der Waals surface area contributed by atoms with Crippen LogP contribution in [0.3, 0.4) is 0 Å². The van der Waals surface area contributed by atoms with Gasteiger partial charge in [-0.1, -0.05) is 12.1 Å². The van der Waals surface area contributed by atoms with Gasteiger partial charge in [0.25, 0.3) is 0 Å². The summed E-state index contributed by atoms with van der Waals surface area (Å²) in [5, 5.41) is 8.94. The summed E-state index contributed by atoms with van der Waals surface area (Å²) in [6.07, 6.45) is 0. The number of benzene rings is 1. The van der Waals surface area contributed by atoms with Crippen LogP contribution in [0.4, 0.5) is 0 Å². The molecule has 0 amide bonds. The molecule has 19 heavy (non-hydrogen) atoms. The third-order valence-corrected chi connectivity index (χ3v) is 4.09. The molecule has 2 heterocycles. The first kappa shape index (κ1) is 11.9. The Morgan fingerprint density at radius 1 is 1.32 bits per heavy atom. The van der Waals surface area contributed by atoms with E-state index in [-0.39, 0.29) is 0 Å². The summed E-state index contributed by atoms with van der Waals surface area (Å²) in [6.45, 7) is 2.62. The third kappa shape index (κ3) is 2.13. The summed E-state index contributed by atoms with van der Waals surface area (Å²) in [6, 6.07) is 11.5. The number of rotatable bonds is 3. The van der Waals surface area contributed by atoms with Crippen LogP contribution in [0.1, 0.15) is 20.4 Å². The van der Waals surface area contributed by atoms with Crippen molar-refractivity contribution >= 4 is 28.3 Å². The molecule has 2 aromatic heterocycles. The van der Waals surface area contributed by atoms with Gasteiger partial charge in [0.05, 0.1) is 17.6 Å². The number of carbonyl (C=O) groups is 1. The minimum Gasteiger partial charge on any atom is -0.477 e. The number of para-hydroxylation sites is 2. The second kappa shape index (κ2) is 4.51. The minimum absolute atomic E-state index is 0.372. The Hall–Kier alpha value is -2.14. The van der Waals surface area contributed by atoms with Crippen molar-refractivity contribution in [3.63, 3.8) is 0 Å². The number of aromatic carboxylic acids is 1. The van der Waals surface area contributed by atoms with Crippen LogP contribution >= 0.6 is 11.3 Å². The van der Waals surface area contributed by atoms with Crippen molar-refractivity contribution in [2.75, 3.05) is 0 Å². The molecule has 1 N–H and O–H groups in total. The van der Waals surface area contributed by atoms with E-state index in [0.29, 0.717) is 11.4 Å². The van der Waals surface area contributed by atoms with E-state index in [2.05, 4.69) is 9.55 Å². The monoisotopic (exact) mass is 272 g/mol. The van der Waals surface area contributed by atoms with Crippen LogP contribution in [0.2, 0.25) is 0 Å². The molecule has 0 radical (unpaired) electrons. The summed E-state index contributed by atoms with van der Waals surface area (Å²) in [5.41, 5.74) is 2.04. The van der Waals surface area contributed by atoms with E-state index in [1.165, 1.54) is 11.3 Å². The number of imidazole rings is 1. The molecule has 0 bridgehead atoms. The van der Waals surface area contributed by atoms with Gasteiger partial charge in [-0.2, -0.15) is 0 Å². The highest BCUT2D eigenvalue weighted by molar-refractivity contribution is 7.13. The molecule has 1 aromatic carbocycles. The van der Waals surface area contributed by atoms with Gasteiger partial charge in [-0.05, 0) is 31.2 Å². The average molecular weight is 272 g/mol. The van der Waals surface area contributed by atoms with Crippen molar-refractivity contribution < 1.29 is 9.90 Å². The zero-order chi connectivity index (χ0) is 13.4. The fourth-order valence-corrected chi connectivity index (χ4v) is 2.96. The number of aromatic nitrogens is 2. The Morgan fingerprint density at radius 3 is 2.84 bits per heavy atom. The van der Waals surface area contributed by atoms with Crippen molar-refractivity contribution in [3.8, 4) is 0 Å². The van der Waals surface area contributed by atoms with E-state index in [4.69, 9.17) is 5.11 Å². The molecule has 0 saturated heterocycles. The van der Waals surface area contributed by atoms with Gasteiger partial charge in [-0.25, -0.2) is 9.78 Å². The first-order valence-electron chi connectivity index (χ1n) is 5.89. The number of carboxylic acids is 1. The summed E-state index contributed by atoms with van der Waals surface area (Å²) in [4.78, 5) is 16.8. The molecule has 0 unspecified atom stereocenters. The number of fused-ring (bicyclic) bond motifs is 1. The van der Waals surface area contributed by atoms with Crippen LogP contribution in [0, 0.1) is 6.92 Å². The number of thiophene rings is 1. The predicted molar refractivity (Wildman–Crippen MR) is 74.9 cm³/mol. The average Bonchev–Trinajstić information content (AvgIpc) is 2.96. The Morgan fingerprint density at radius 2 is 2.11 bits per heavy atom. The van der Waals surface area contributed by atoms with E-state index in [1.54, 1.807) is 6.07 Å². The van der Waals surface area contributed by atoms with Crippen LogP contribution in [0.25, 0.3) is 11.0 Å². The molecule has 96 valence electrons. The second-order valence-electron chi connectivity index (χ2n) is 4.30. The lowest BCUT2D eigenvalue weighted by molar-refractivity contribution is 0.0702. The van der Waals surface area contributed by atoms with Gasteiger partial charge in [0.15, 0.2) is 0 Å². The van der Waals surface area contributed by atoms with Crippen LogP contribution in [0.5, 0.6) is 0 Å². The molecular formula is C14H12N2O2S. The third-order valence-electron chi connectivity index (χ3n) is 3.03. The Kier molecular flexibility index (Phi) is 2.83. The number of hydrogen-bond acceptors (Lipinski definition) is 3. The van der Waals surface area contributed by atoms with Crippen molar-refractivity contribution in [3.05, 3.63) is 52.0 Å². The summed E-state index contributed by atoms with van der Waals surface area (Å²) < 4.78 is 2.10. The normalized spacial score (nSPS) is 11.0. The largest absolute Gasteiger partial charge is 0.477 e. The standard InChI is InChI=1S/C14H12N2O2S/c1-9-15-11-4-2-3-5-12(11)16(9)8-10-6-7-13(19-10)14(17)18/h2-7H,8H2,1H3,(H,17,18). The van der Waals surface area contributed by atoms with Crippen LogP contribution in [-0.2, 0) is 6.54 Å². The van der Waals surface area contributed by atoms with Crippen molar-refractivity contribution in [1.29, 1.82) is 0 Å². The Balaban J connectivity index is 2.00. The van der Waals surface area contributed by atoms with Gasteiger partial charge in [0.2, 0.25) is 0 Å². The Labute approximate surface area is 113 Å². The molecule has 0 saturated carbocycles. The van der Waals surface area contributed by atoms with Crippen LogP contribution < -0.4 is 0 Å². The molecule has 0 aliphatic carbocycles. The molecule has 0 aliphatic rings. The smallest absolute Gasteiger partial charge is 0.345 e. The maximum Gasteiger partial charge on any atom is 0.345 e. The van der Waals surface area contributed by atoms with E-state index < -0.39 is 5.97 Å². The molecule has 0 aliphatic heterocycles. The topological polar surface area (TPSA) is 55.1 Å². The zero-order valence-corrected chi connectivity index (χ0v) is 11.1. The molecule has 4 nitrogen and oxygen atoms in total. The van der Waals surface area contributed by atoms with E-state index in [9.17, 15) is 4.79 Å². The highest BCUT2D eigenvalue weighted by Crippen LogP contribution is 2.21. The highest BCUT2D eigenvalue weighted by atomic mass is 32.1. The van der Waals surface area contributed by atoms with Crippen LogP contribution in [0.15, 0.2) is 36.4 Å². The molecule has 3 rings (SSSR count). The van der Waals surface area contributed by atoms with Crippen molar-refractivity contribution in [2.24, 2.45) is 0 Å². The predicted octanol–water partition coefficient (Wildman–Crippen LogP) is 3.15. The second-order valence-corrected chi connectivity index (χ2v) is 5.47. The lowest BCUT2D eigenvalue weighted by atomic mass is 10.3. The lowest BCUT2D eigenvalue weighted by Crippen LogP contribution is -2.00. The fourth-order valence-electron chi connectivity index (χ4n) is 2.13. The summed E-state index contributed by atoms with van der Waals surface area (Å²) >= 11 is 1.31. The van der Waals surface area contributed by atoms with Gasteiger partial charge in [-0.15, -0.1) is 11.3 Å². The van der Waals surface area contributed by atoms with Gasteiger partial charge in [0, 0.05) is 4.88 Å². The molecule has 0 atom stereocenters. The summed E-state index contributed by atoms with van der Waals surface area (Å²) in [7, 11) is 0. The van der Waals surface area contributed by atoms with Gasteiger partial charge >= 0.3 is 5.97 Å². The first-order valence-corrected chi connectivity index (χ1v) is 6.70. The maximum atomic E-state index is 10.9. The Bertz CT molecular complexity index is 758. The highest BCUT2D eigenvalue weighted by Gasteiger charge is 2.10. The van der Waals surface area contributed by atoms with E-state index >= 15 is 0 Å². The minimum atomic E-state index is -0.872. The van der Waals surface area contributed by atoms with Crippen molar-refractivity contribution in [1.82, 2.24) is 9.55 Å². The SMILES string of the molecule is Cc1nc2ccccc2n1Cc1ccc(C(=O)O)s1. The molecule has 3 aromatic rings. The first-order chi connectivity index (χ1) is 9.15. The van der Waals surface area contributed by atoms with E-state index in [0.717, 1.165) is 21.7 Å². The number of nitrogens with zero attached hydrogens (tertiary/aromatic N) is 2. The van der Waals surface area contributed by atoms with Gasteiger partial charge in [0.1, 0.15) is 10.7 Å². The lowest BCUT2D eigenvalue weighted by Gasteiger charge is -2.04. The fraction of sp³-hybridized carbons (Fsp3) is 0.143. The van der Waals surface area contributed by atoms with Gasteiger partial charge in [-0.3, -0.25) is 0 Å². The molecular weight excluding hydrogens is 260 g/mol. The molecule has 0 spiro atoms. The van der Waals surface area contributed by atoms with E-state index in [1.807, 2.05) is 37.3 Å². The molecule has 0 fully saturated rings. The maximum absolute atomic E-state index is 10.9. The number of carboxylic acid groups (broad SMARTS) is 1. The zero-order valence-electron chi connectivity index (χ0n) is 10.3. The van der Waals surface area contributed by atoms with Crippen LogP contribution in [-0.4, -0.2) is 20.6 Å². The quantitative estimate of drug-likeness (QED) is 0.796.